The molecule has 0 amide bonds. The van der Waals surface area contributed by atoms with E-state index in [0.29, 0.717) is 0 Å². The molecule has 1 rings (SSSR count). The van der Waals surface area contributed by atoms with E-state index in [1.54, 1.807) is 38.2 Å². The molecule has 0 atom stereocenters. The lowest BCUT2D eigenvalue weighted by atomic mass is 10.4. The van der Waals surface area contributed by atoms with Gasteiger partial charge < -0.3 is 9.47 Å². The van der Waals surface area contributed by atoms with Gasteiger partial charge >= 0.3 is 0 Å². The summed E-state index contributed by atoms with van der Waals surface area (Å²) in [6.07, 6.45) is 3.33. The normalized spacial score (nSPS) is 10.9. The average Bonchev–Trinajstić information content (AvgIpc) is 2.21. The molecule has 0 saturated carbocycles. The van der Waals surface area contributed by atoms with Crippen LogP contribution in [0.1, 0.15) is 17.8 Å². The van der Waals surface area contributed by atoms with Crippen LogP contribution in [0.5, 0.6) is 0 Å². The third-order valence-corrected chi connectivity index (χ3v) is 2.22. The van der Waals surface area contributed by atoms with Crippen molar-refractivity contribution in [2.45, 2.75) is 12.0 Å². The van der Waals surface area contributed by atoms with Crippen molar-refractivity contribution in [1.29, 1.82) is 0 Å². The Kier molecular flexibility index (Phi) is 4.86. The Morgan fingerprint density at radius 2 is 2.14 bits per heavy atom. The summed E-state index contributed by atoms with van der Waals surface area (Å²) >= 11 is 1.68. The predicted octanol–water partition coefficient (Wildman–Crippen LogP) is 1.63. The zero-order valence-corrected chi connectivity index (χ0v) is 9.37. The maximum Gasteiger partial charge on any atom is 0.200 e. The lowest BCUT2D eigenvalue weighted by molar-refractivity contribution is -0.108. The van der Waals surface area contributed by atoms with Crippen molar-refractivity contribution >= 4 is 11.8 Å². The number of nitrogens with zero attached hydrogens (tertiary/aromatic N) is 2. The van der Waals surface area contributed by atoms with Crippen LogP contribution in [0.25, 0.3) is 0 Å². The highest BCUT2D eigenvalue weighted by Gasteiger charge is 2.10. The SMILES string of the molecule is COC(OC)c1ccnc(CSC)n1. The van der Waals surface area contributed by atoms with Crippen LogP contribution >= 0.6 is 11.8 Å². The van der Waals surface area contributed by atoms with Gasteiger partial charge in [0.1, 0.15) is 5.82 Å². The zero-order valence-electron chi connectivity index (χ0n) is 8.56. The van der Waals surface area contributed by atoms with E-state index in [0.717, 1.165) is 17.3 Å². The highest BCUT2D eigenvalue weighted by molar-refractivity contribution is 7.97. The largest absolute Gasteiger partial charge is 0.350 e. The Hall–Kier alpha value is -0.650. The van der Waals surface area contributed by atoms with Crippen molar-refractivity contribution in [3.8, 4) is 0 Å². The summed E-state index contributed by atoms with van der Waals surface area (Å²) in [6.45, 7) is 0. The molecule has 1 aromatic rings. The van der Waals surface area contributed by atoms with Crippen LogP contribution in [0, 0.1) is 0 Å². The Morgan fingerprint density at radius 3 is 2.71 bits per heavy atom. The average molecular weight is 214 g/mol. The molecule has 78 valence electrons. The molecule has 14 heavy (non-hydrogen) atoms. The van der Waals surface area contributed by atoms with Crippen molar-refractivity contribution in [2.75, 3.05) is 20.5 Å². The van der Waals surface area contributed by atoms with Crippen molar-refractivity contribution in [2.24, 2.45) is 0 Å². The minimum absolute atomic E-state index is 0.404. The fourth-order valence-electron chi connectivity index (χ4n) is 1.08. The lowest BCUT2D eigenvalue weighted by Gasteiger charge is -2.12. The molecule has 5 heteroatoms. The van der Waals surface area contributed by atoms with Gasteiger partial charge in [-0.25, -0.2) is 9.97 Å². The topological polar surface area (TPSA) is 44.2 Å². The summed E-state index contributed by atoms with van der Waals surface area (Å²) in [4.78, 5) is 8.46. The second-order valence-electron chi connectivity index (χ2n) is 2.63. The van der Waals surface area contributed by atoms with Gasteiger partial charge in [-0.1, -0.05) is 0 Å². The van der Waals surface area contributed by atoms with Gasteiger partial charge in [0, 0.05) is 20.4 Å². The fraction of sp³-hybridized carbons (Fsp3) is 0.556. The van der Waals surface area contributed by atoms with Gasteiger partial charge in [-0.2, -0.15) is 11.8 Å². The molecule has 0 aliphatic heterocycles. The number of ether oxygens (including phenoxy) is 2. The van der Waals surface area contributed by atoms with Crippen molar-refractivity contribution in [3.63, 3.8) is 0 Å². The predicted molar refractivity (Wildman–Crippen MR) is 56.0 cm³/mol. The quantitative estimate of drug-likeness (QED) is 0.697. The number of thioether (sulfide) groups is 1. The zero-order chi connectivity index (χ0) is 10.4. The summed E-state index contributed by atoms with van der Waals surface area (Å²) in [5.41, 5.74) is 0.758. The van der Waals surface area contributed by atoms with E-state index in [1.807, 2.05) is 6.26 Å². The summed E-state index contributed by atoms with van der Waals surface area (Å²) in [6, 6.07) is 1.79. The molecule has 0 aliphatic carbocycles. The molecular formula is C9H14N2O2S. The van der Waals surface area contributed by atoms with Crippen LogP contribution in [0.3, 0.4) is 0 Å². The van der Waals surface area contributed by atoms with Gasteiger partial charge in [0.2, 0.25) is 6.29 Å². The standard InChI is InChI=1S/C9H14N2O2S/c1-12-9(13-2)7-4-5-10-8(11-7)6-14-3/h4-5,9H,6H2,1-3H3. The summed E-state index contributed by atoms with van der Waals surface area (Å²) in [5, 5.41) is 0. The summed E-state index contributed by atoms with van der Waals surface area (Å²) in [7, 11) is 3.18. The molecular weight excluding hydrogens is 200 g/mol. The van der Waals surface area contributed by atoms with E-state index < -0.39 is 6.29 Å². The van der Waals surface area contributed by atoms with Crippen LogP contribution in [0.2, 0.25) is 0 Å². The number of aromatic nitrogens is 2. The molecule has 0 N–H and O–H groups in total. The second kappa shape index (κ2) is 5.95. The minimum Gasteiger partial charge on any atom is -0.350 e. The molecule has 0 aliphatic rings. The van der Waals surface area contributed by atoms with Crippen LogP contribution < -0.4 is 0 Å². The third kappa shape index (κ3) is 2.94. The maximum atomic E-state index is 5.10. The second-order valence-corrected chi connectivity index (χ2v) is 3.50. The molecule has 0 spiro atoms. The van der Waals surface area contributed by atoms with Gasteiger partial charge in [0.05, 0.1) is 11.4 Å². The van der Waals surface area contributed by atoms with E-state index in [2.05, 4.69) is 9.97 Å². The summed E-state index contributed by atoms with van der Waals surface area (Å²) < 4.78 is 10.2. The fourth-order valence-corrected chi connectivity index (χ4v) is 1.48. The van der Waals surface area contributed by atoms with Crippen LogP contribution in [-0.2, 0) is 15.2 Å². The molecule has 0 fully saturated rings. The first kappa shape index (κ1) is 11.4. The molecule has 0 unspecified atom stereocenters. The highest BCUT2D eigenvalue weighted by atomic mass is 32.2. The van der Waals surface area contributed by atoms with E-state index in [-0.39, 0.29) is 0 Å². The van der Waals surface area contributed by atoms with Crippen LogP contribution in [0.4, 0.5) is 0 Å². The number of rotatable bonds is 5. The Labute approximate surface area is 88.0 Å². The molecule has 0 saturated heterocycles. The van der Waals surface area contributed by atoms with E-state index in [1.165, 1.54) is 0 Å². The molecule has 1 aromatic heterocycles. The van der Waals surface area contributed by atoms with E-state index >= 15 is 0 Å². The van der Waals surface area contributed by atoms with Gasteiger partial charge in [-0.15, -0.1) is 0 Å². The first-order chi connectivity index (χ1) is 6.81. The number of hydrogen-bond acceptors (Lipinski definition) is 5. The number of hydrogen-bond donors (Lipinski definition) is 0. The summed E-state index contributed by atoms with van der Waals surface area (Å²) in [5.74, 6) is 1.60. The molecule has 4 nitrogen and oxygen atoms in total. The minimum atomic E-state index is -0.404. The van der Waals surface area contributed by atoms with E-state index in [9.17, 15) is 0 Å². The lowest BCUT2D eigenvalue weighted by Crippen LogP contribution is -2.08. The smallest absolute Gasteiger partial charge is 0.200 e. The van der Waals surface area contributed by atoms with Crippen LogP contribution in [-0.4, -0.2) is 30.4 Å². The molecule has 0 aromatic carbocycles. The molecule has 1 heterocycles. The Bertz CT molecular complexity index is 279. The molecule has 0 bridgehead atoms. The van der Waals surface area contributed by atoms with Gasteiger partial charge in [-0.3, -0.25) is 0 Å². The molecule has 0 radical (unpaired) electrons. The third-order valence-electron chi connectivity index (χ3n) is 1.67. The monoisotopic (exact) mass is 214 g/mol. The van der Waals surface area contributed by atoms with Gasteiger partial charge in [0.25, 0.3) is 0 Å². The van der Waals surface area contributed by atoms with Gasteiger partial charge in [0.15, 0.2) is 0 Å². The van der Waals surface area contributed by atoms with Gasteiger partial charge in [-0.05, 0) is 12.3 Å². The Morgan fingerprint density at radius 1 is 1.43 bits per heavy atom. The maximum absolute atomic E-state index is 5.10. The highest BCUT2D eigenvalue weighted by Crippen LogP contribution is 2.14. The van der Waals surface area contributed by atoms with Crippen LogP contribution in [0.15, 0.2) is 12.3 Å². The first-order valence-electron chi connectivity index (χ1n) is 4.18. The van der Waals surface area contributed by atoms with Crippen molar-refractivity contribution < 1.29 is 9.47 Å². The van der Waals surface area contributed by atoms with Crippen molar-refractivity contribution in [3.05, 3.63) is 23.8 Å². The first-order valence-corrected chi connectivity index (χ1v) is 5.57. The Balaban J connectivity index is 2.81. The number of methoxy groups -OCH3 is 2. The van der Waals surface area contributed by atoms with E-state index in [4.69, 9.17) is 9.47 Å². The van der Waals surface area contributed by atoms with Crippen molar-refractivity contribution in [1.82, 2.24) is 9.97 Å².